The van der Waals surface area contributed by atoms with E-state index in [2.05, 4.69) is 15.5 Å². The van der Waals surface area contributed by atoms with Gasteiger partial charge in [-0.25, -0.2) is 14.8 Å². The number of benzene rings is 1. The number of hydrazone groups is 1. The highest BCUT2D eigenvalue weighted by Gasteiger charge is 2.06. The molecule has 0 atom stereocenters. The van der Waals surface area contributed by atoms with Crippen LogP contribution in [0.15, 0.2) is 34.7 Å². The van der Waals surface area contributed by atoms with Gasteiger partial charge in [0.15, 0.2) is 0 Å². The summed E-state index contributed by atoms with van der Waals surface area (Å²) < 4.78 is 12.8. The molecule has 1 amide bonds. The molecule has 0 bridgehead atoms. The van der Waals surface area contributed by atoms with Gasteiger partial charge in [-0.3, -0.25) is 4.79 Å². The van der Waals surface area contributed by atoms with Crippen molar-refractivity contribution in [3.8, 4) is 0 Å². The van der Waals surface area contributed by atoms with Crippen molar-refractivity contribution in [2.75, 3.05) is 0 Å². The number of rotatable bonds is 4. The van der Waals surface area contributed by atoms with Gasteiger partial charge in [-0.1, -0.05) is 12.1 Å². The highest BCUT2D eigenvalue weighted by molar-refractivity contribution is 7.09. The van der Waals surface area contributed by atoms with E-state index in [0.29, 0.717) is 5.71 Å². The average Bonchev–Trinajstić information content (AvgIpc) is 2.82. The predicted octanol–water partition coefficient (Wildman–Crippen LogP) is 2.67. The molecule has 0 spiro atoms. The molecular formula is C14H14FN3OS. The molecule has 6 heteroatoms. The summed E-state index contributed by atoms with van der Waals surface area (Å²) in [7, 11) is 0. The van der Waals surface area contributed by atoms with E-state index in [0.717, 1.165) is 16.3 Å². The summed E-state index contributed by atoms with van der Waals surface area (Å²) in [6, 6.07) is 5.94. The quantitative estimate of drug-likeness (QED) is 0.695. The summed E-state index contributed by atoms with van der Waals surface area (Å²) >= 11 is 1.51. The molecule has 1 aromatic carbocycles. The Morgan fingerprint density at radius 3 is 2.70 bits per heavy atom. The number of hydrogen-bond acceptors (Lipinski definition) is 4. The monoisotopic (exact) mass is 291 g/mol. The van der Waals surface area contributed by atoms with Crippen LogP contribution in [0.3, 0.4) is 0 Å². The summed E-state index contributed by atoms with van der Waals surface area (Å²) in [6.07, 6.45) is 0.199. The molecule has 1 heterocycles. The Hall–Kier alpha value is -2.08. The van der Waals surface area contributed by atoms with Crippen LogP contribution in [-0.4, -0.2) is 16.6 Å². The number of carbonyl (C=O) groups excluding carboxylic acids is 1. The first kappa shape index (κ1) is 14.3. The Bertz CT molecular complexity index is 634. The van der Waals surface area contributed by atoms with Gasteiger partial charge in [-0.15, -0.1) is 11.3 Å². The van der Waals surface area contributed by atoms with Crippen molar-refractivity contribution in [1.29, 1.82) is 0 Å². The first-order valence-electron chi connectivity index (χ1n) is 6.04. The molecule has 2 rings (SSSR count). The van der Waals surface area contributed by atoms with Crippen LogP contribution in [-0.2, 0) is 11.2 Å². The maximum Gasteiger partial charge on any atom is 0.246 e. The van der Waals surface area contributed by atoms with Gasteiger partial charge >= 0.3 is 0 Å². The molecule has 0 aliphatic carbocycles. The number of halogens is 1. The molecule has 104 valence electrons. The molecule has 2 aromatic rings. The van der Waals surface area contributed by atoms with Gasteiger partial charge in [0.25, 0.3) is 0 Å². The molecule has 1 N–H and O–H groups in total. The van der Waals surface area contributed by atoms with Crippen LogP contribution in [0.5, 0.6) is 0 Å². The zero-order chi connectivity index (χ0) is 14.5. The van der Waals surface area contributed by atoms with Crippen LogP contribution in [0.1, 0.15) is 23.2 Å². The number of nitrogens with one attached hydrogen (secondary N) is 1. The maximum atomic E-state index is 12.8. The molecule has 1 aromatic heterocycles. The number of nitrogens with zero attached hydrogens (tertiary/aromatic N) is 2. The van der Waals surface area contributed by atoms with E-state index in [1.807, 2.05) is 12.3 Å². The number of aromatic nitrogens is 1. The molecule has 0 saturated heterocycles. The topological polar surface area (TPSA) is 54.4 Å². The van der Waals surface area contributed by atoms with E-state index >= 15 is 0 Å². The third-order valence-electron chi connectivity index (χ3n) is 2.62. The van der Waals surface area contributed by atoms with Crippen LogP contribution in [0.25, 0.3) is 0 Å². The predicted molar refractivity (Wildman–Crippen MR) is 77.3 cm³/mol. The van der Waals surface area contributed by atoms with Crippen molar-refractivity contribution in [2.24, 2.45) is 5.10 Å². The van der Waals surface area contributed by atoms with Gasteiger partial charge in [0.1, 0.15) is 5.82 Å². The molecule has 20 heavy (non-hydrogen) atoms. The minimum atomic E-state index is -0.301. The molecule has 0 aliphatic rings. The van der Waals surface area contributed by atoms with E-state index in [1.54, 1.807) is 19.1 Å². The minimum Gasteiger partial charge on any atom is -0.273 e. The second-order valence-corrected chi connectivity index (χ2v) is 5.34. The SMILES string of the molecule is C/C(=N/NC(=O)Cc1csc(C)n1)c1ccc(F)cc1. The van der Waals surface area contributed by atoms with Crippen molar-refractivity contribution in [1.82, 2.24) is 10.4 Å². The lowest BCUT2D eigenvalue weighted by Crippen LogP contribution is -2.21. The van der Waals surface area contributed by atoms with Crippen LogP contribution >= 0.6 is 11.3 Å². The Morgan fingerprint density at radius 2 is 2.10 bits per heavy atom. The lowest BCUT2D eigenvalue weighted by Gasteiger charge is -2.02. The summed E-state index contributed by atoms with van der Waals surface area (Å²) in [5, 5.41) is 6.78. The first-order chi connectivity index (χ1) is 9.54. The normalized spacial score (nSPS) is 11.4. The molecular weight excluding hydrogens is 277 g/mol. The lowest BCUT2D eigenvalue weighted by atomic mass is 10.1. The van der Waals surface area contributed by atoms with E-state index < -0.39 is 0 Å². The molecule has 0 aliphatic heterocycles. The van der Waals surface area contributed by atoms with Crippen molar-refractivity contribution in [3.63, 3.8) is 0 Å². The fourth-order valence-electron chi connectivity index (χ4n) is 1.60. The van der Waals surface area contributed by atoms with E-state index in [4.69, 9.17) is 0 Å². The summed E-state index contributed by atoms with van der Waals surface area (Å²) in [6.45, 7) is 3.64. The molecule has 4 nitrogen and oxygen atoms in total. The highest BCUT2D eigenvalue weighted by atomic mass is 32.1. The minimum absolute atomic E-state index is 0.199. The smallest absolute Gasteiger partial charge is 0.246 e. The zero-order valence-corrected chi connectivity index (χ0v) is 12.0. The average molecular weight is 291 g/mol. The van der Waals surface area contributed by atoms with E-state index in [9.17, 15) is 9.18 Å². The van der Waals surface area contributed by atoms with Gasteiger partial charge < -0.3 is 0 Å². The Kier molecular flexibility index (Phi) is 4.57. The first-order valence-corrected chi connectivity index (χ1v) is 6.92. The number of hydrogen-bond donors (Lipinski definition) is 1. The van der Waals surface area contributed by atoms with Gasteiger partial charge in [-0.05, 0) is 31.5 Å². The second kappa shape index (κ2) is 6.38. The molecule has 0 saturated carbocycles. The summed E-state index contributed by atoms with van der Waals surface area (Å²) in [4.78, 5) is 15.9. The number of thiazole rings is 1. The largest absolute Gasteiger partial charge is 0.273 e. The van der Waals surface area contributed by atoms with Crippen LogP contribution in [0.2, 0.25) is 0 Å². The van der Waals surface area contributed by atoms with Gasteiger partial charge in [0.05, 0.1) is 22.8 Å². The number of carbonyl (C=O) groups is 1. The third-order valence-corrected chi connectivity index (χ3v) is 3.44. The molecule has 0 unspecified atom stereocenters. The standard InChI is InChI=1S/C14H14FN3OS/c1-9(11-3-5-12(15)6-4-11)17-18-14(19)7-13-8-20-10(2)16-13/h3-6,8H,7H2,1-2H3,(H,18,19)/b17-9-. The van der Waals surface area contributed by atoms with E-state index in [1.165, 1.54) is 23.5 Å². The Balaban J connectivity index is 1.94. The zero-order valence-electron chi connectivity index (χ0n) is 11.2. The molecule has 0 fully saturated rings. The Labute approximate surface area is 120 Å². The van der Waals surface area contributed by atoms with Gasteiger partial charge in [-0.2, -0.15) is 5.10 Å². The third kappa shape index (κ3) is 3.96. The maximum absolute atomic E-state index is 12.8. The van der Waals surface area contributed by atoms with Crippen LogP contribution in [0.4, 0.5) is 4.39 Å². The van der Waals surface area contributed by atoms with Crippen LogP contribution in [0, 0.1) is 12.7 Å². The fraction of sp³-hybridized carbons (Fsp3) is 0.214. The van der Waals surface area contributed by atoms with Crippen molar-refractivity contribution >= 4 is 23.0 Å². The fourth-order valence-corrected chi connectivity index (χ4v) is 2.21. The highest BCUT2D eigenvalue weighted by Crippen LogP contribution is 2.08. The Morgan fingerprint density at radius 1 is 1.40 bits per heavy atom. The van der Waals surface area contributed by atoms with Crippen molar-refractivity contribution in [2.45, 2.75) is 20.3 Å². The van der Waals surface area contributed by atoms with Crippen LogP contribution < -0.4 is 5.43 Å². The number of aryl methyl sites for hydroxylation is 1. The van der Waals surface area contributed by atoms with Crippen molar-refractivity contribution in [3.05, 3.63) is 51.7 Å². The number of amides is 1. The lowest BCUT2D eigenvalue weighted by molar-refractivity contribution is -0.120. The van der Waals surface area contributed by atoms with E-state index in [-0.39, 0.29) is 18.1 Å². The van der Waals surface area contributed by atoms with Gasteiger partial charge in [0.2, 0.25) is 5.91 Å². The second-order valence-electron chi connectivity index (χ2n) is 4.27. The summed E-state index contributed by atoms with van der Waals surface area (Å²) in [5.74, 6) is -0.527. The van der Waals surface area contributed by atoms with Gasteiger partial charge in [0, 0.05) is 5.38 Å². The summed E-state index contributed by atoms with van der Waals surface area (Å²) in [5.41, 5.74) is 4.59. The molecule has 0 radical (unpaired) electrons. The van der Waals surface area contributed by atoms with Crippen molar-refractivity contribution < 1.29 is 9.18 Å².